The molecular formula is C17H25N3O3. The Bertz CT molecular complexity index is 534. The quantitative estimate of drug-likeness (QED) is 0.692. The van der Waals surface area contributed by atoms with E-state index in [1.165, 1.54) is 0 Å². The average molecular weight is 319 g/mol. The van der Waals surface area contributed by atoms with Crippen molar-refractivity contribution in [3.63, 3.8) is 0 Å². The van der Waals surface area contributed by atoms with Crippen molar-refractivity contribution in [2.24, 2.45) is 0 Å². The van der Waals surface area contributed by atoms with Crippen LogP contribution in [0.25, 0.3) is 0 Å². The van der Waals surface area contributed by atoms with E-state index in [1.807, 2.05) is 24.3 Å². The zero-order valence-electron chi connectivity index (χ0n) is 13.6. The van der Waals surface area contributed by atoms with Crippen LogP contribution in [0.15, 0.2) is 24.3 Å². The van der Waals surface area contributed by atoms with Crippen molar-refractivity contribution < 1.29 is 14.3 Å². The molecule has 0 bridgehead atoms. The van der Waals surface area contributed by atoms with E-state index in [9.17, 15) is 9.59 Å². The third-order valence-corrected chi connectivity index (χ3v) is 3.83. The van der Waals surface area contributed by atoms with Crippen molar-refractivity contribution in [3.8, 4) is 0 Å². The van der Waals surface area contributed by atoms with Crippen LogP contribution in [0.4, 0.5) is 5.69 Å². The monoisotopic (exact) mass is 319 g/mol. The Kier molecular flexibility index (Phi) is 7.03. The number of carbonyl (C=O) groups excluding carboxylic acids is 2. The van der Waals surface area contributed by atoms with Gasteiger partial charge in [-0.25, -0.2) is 0 Å². The van der Waals surface area contributed by atoms with E-state index in [0.717, 1.165) is 30.6 Å². The Morgan fingerprint density at radius 3 is 2.87 bits per heavy atom. The Morgan fingerprint density at radius 2 is 2.04 bits per heavy atom. The second-order valence-corrected chi connectivity index (χ2v) is 5.55. The molecule has 0 aromatic heterocycles. The van der Waals surface area contributed by atoms with E-state index in [1.54, 1.807) is 12.0 Å². The van der Waals surface area contributed by atoms with Crippen molar-refractivity contribution in [1.29, 1.82) is 0 Å². The summed E-state index contributed by atoms with van der Waals surface area (Å²) in [5.41, 5.74) is 2.00. The highest BCUT2D eigenvalue weighted by atomic mass is 16.5. The van der Waals surface area contributed by atoms with E-state index in [-0.39, 0.29) is 18.4 Å². The Balaban J connectivity index is 1.85. The van der Waals surface area contributed by atoms with Gasteiger partial charge in [-0.15, -0.1) is 0 Å². The number of nitrogens with zero attached hydrogens (tertiary/aromatic N) is 1. The van der Waals surface area contributed by atoms with Gasteiger partial charge in [-0.2, -0.15) is 0 Å². The van der Waals surface area contributed by atoms with Gasteiger partial charge in [-0.1, -0.05) is 18.2 Å². The van der Waals surface area contributed by atoms with Gasteiger partial charge in [0.25, 0.3) is 0 Å². The molecule has 0 atom stereocenters. The first-order chi connectivity index (χ1) is 11.2. The van der Waals surface area contributed by atoms with E-state index in [4.69, 9.17) is 4.74 Å². The number of nitrogens with one attached hydrogen (secondary N) is 2. The summed E-state index contributed by atoms with van der Waals surface area (Å²) in [6.45, 7) is 2.69. The molecule has 126 valence electrons. The zero-order chi connectivity index (χ0) is 16.5. The lowest BCUT2D eigenvalue weighted by atomic mass is 10.1. The van der Waals surface area contributed by atoms with Crippen molar-refractivity contribution >= 4 is 17.5 Å². The molecule has 0 fully saturated rings. The van der Waals surface area contributed by atoms with Gasteiger partial charge in [0.05, 0.1) is 6.61 Å². The summed E-state index contributed by atoms with van der Waals surface area (Å²) >= 11 is 0. The molecule has 2 N–H and O–H groups in total. The molecule has 1 aliphatic rings. The number of para-hydroxylation sites is 1. The third kappa shape index (κ3) is 5.33. The maximum atomic E-state index is 12.3. The highest BCUT2D eigenvalue weighted by molar-refractivity contribution is 5.99. The smallest absolute Gasteiger partial charge is 0.240 e. The van der Waals surface area contributed by atoms with Crippen molar-refractivity contribution in [1.82, 2.24) is 10.6 Å². The third-order valence-electron chi connectivity index (χ3n) is 3.83. The van der Waals surface area contributed by atoms with Crippen LogP contribution >= 0.6 is 0 Å². The van der Waals surface area contributed by atoms with E-state index in [0.29, 0.717) is 26.1 Å². The molecule has 0 unspecified atom stereocenters. The second kappa shape index (κ2) is 9.27. The number of carbonyl (C=O) groups is 2. The predicted octanol–water partition coefficient (Wildman–Crippen LogP) is 0.708. The summed E-state index contributed by atoms with van der Waals surface area (Å²) in [4.78, 5) is 26.0. The fraction of sp³-hybridized carbons (Fsp3) is 0.529. The highest BCUT2D eigenvalue weighted by Gasteiger charge is 2.23. The Morgan fingerprint density at radius 1 is 1.22 bits per heavy atom. The number of amides is 2. The topological polar surface area (TPSA) is 70.7 Å². The SMILES string of the molecule is COCCNCCNC(=O)CN1C(=O)CCCc2ccccc21. The minimum absolute atomic E-state index is 0.0170. The molecule has 0 spiro atoms. The largest absolute Gasteiger partial charge is 0.383 e. The van der Waals surface area contributed by atoms with Crippen LogP contribution in [0.1, 0.15) is 18.4 Å². The van der Waals surface area contributed by atoms with Crippen LogP contribution in [-0.4, -0.2) is 51.7 Å². The summed E-state index contributed by atoms with van der Waals surface area (Å²) < 4.78 is 4.93. The van der Waals surface area contributed by atoms with Crippen molar-refractivity contribution in [2.75, 3.05) is 44.8 Å². The van der Waals surface area contributed by atoms with Crippen molar-refractivity contribution in [2.45, 2.75) is 19.3 Å². The van der Waals surface area contributed by atoms with Crippen LogP contribution in [0.3, 0.4) is 0 Å². The van der Waals surface area contributed by atoms with Gasteiger partial charge in [0.2, 0.25) is 11.8 Å². The number of anilines is 1. The number of aryl methyl sites for hydroxylation is 1. The molecule has 1 heterocycles. The number of hydrogen-bond donors (Lipinski definition) is 2. The number of methoxy groups -OCH3 is 1. The fourth-order valence-corrected chi connectivity index (χ4v) is 2.65. The first-order valence-electron chi connectivity index (χ1n) is 8.07. The summed E-state index contributed by atoms with van der Waals surface area (Å²) in [7, 11) is 1.65. The van der Waals surface area contributed by atoms with E-state index >= 15 is 0 Å². The fourth-order valence-electron chi connectivity index (χ4n) is 2.65. The predicted molar refractivity (Wildman–Crippen MR) is 89.5 cm³/mol. The maximum Gasteiger partial charge on any atom is 0.240 e. The number of hydrogen-bond acceptors (Lipinski definition) is 4. The lowest BCUT2D eigenvalue weighted by Crippen LogP contribution is -2.42. The summed E-state index contributed by atoms with van der Waals surface area (Å²) in [5.74, 6) is -0.119. The molecular weight excluding hydrogens is 294 g/mol. The van der Waals surface area contributed by atoms with Crippen LogP contribution < -0.4 is 15.5 Å². The second-order valence-electron chi connectivity index (χ2n) is 5.55. The molecule has 0 saturated carbocycles. The lowest BCUT2D eigenvalue weighted by molar-refractivity contribution is -0.123. The molecule has 1 aliphatic heterocycles. The minimum Gasteiger partial charge on any atom is -0.383 e. The van der Waals surface area contributed by atoms with Gasteiger partial charge in [-0.05, 0) is 24.5 Å². The van der Waals surface area contributed by atoms with Gasteiger partial charge < -0.3 is 20.3 Å². The minimum atomic E-state index is -0.136. The van der Waals surface area contributed by atoms with Crippen LogP contribution in [0.5, 0.6) is 0 Å². The first-order valence-corrected chi connectivity index (χ1v) is 8.07. The molecule has 0 radical (unpaired) electrons. The zero-order valence-corrected chi connectivity index (χ0v) is 13.6. The van der Waals surface area contributed by atoms with E-state index in [2.05, 4.69) is 10.6 Å². The lowest BCUT2D eigenvalue weighted by Gasteiger charge is -2.22. The molecule has 0 saturated heterocycles. The van der Waals surface area contributed by atoms with E-state index < -0.39 is 0 Å². The normalized spacial score (nSPS) is 14.3. The van der Waals surface area contributed by atoms with Crippen LogP contribution in [0, 0.1) is 0 Å². The van der Waals surface area contributed by atoms with Gasteiger partial charge in [-0.3, -0.25) is 9.59 Å². The molecule has 23 heavy (non-hydrogen) atoms. The number of benzene rings is 1. The van der Waals surface area contributed by atoms with Gasteiger partial charge >= 0.3 is 0 Å². The number of fused-ring (bicyclic) bond motifs is 1. The summed E-state index contributed by atoms with van der Waals surface area (Å²) in [6, 6.07) is 7.82. The molecule has 6 nitrogen and oxygen atoms in total. The van der Waals surface area contributed by atoms with Gasteiger partial charge in [0.1, 0.15) is 6.54 Å². The maximum absolute atomic E-state index is 12.3. The summed E-state index contributed by atoms with van der Waals surface area (Å²) in [6.07, 6.45) is 2.20. The molecule has 0 aliphatic carbocycles. The number of ether oxygens (including phenoxy) is 1. The molecule has 6 heteroatoms. The van der Waals surface area contributed by atoms with Gasteiger partial charge in [0, 0.05) is 38.9 Å². The van der Waals surface area contributed by atoms with Crippen LogP contribution in [-0.2, 0) is 20.7 Å². The summed E-state index contributed by atoms with van der Waals surface area (Å²) in [5, 5.41) is 6.00. The molecule has 1 aromatic rings. The standard InChI is InChI=1S/C17H25N3O3/c1-23-12-11-18-9-10-19-16(21)13-20-15-7-3-2-5-14(15)6-4-8-17(20)22/h2-3,5,7,18H,4,6,8-13H2,1H3,(H,19,21). The molecule has 1 aromatic carbocycles. The molecule has 2 rings (SSSR count). The highest BCUT2D eigenvalue weighted by Crippen LogP contribution is 2.26. The molecule has 2 amide bonds. The average Bonchev–Trinajstić information content (AvgIpc) is 2.71. The number of rotatable bonds is 8. The van der Waals surface area contributed by atoms with Crippen LogP contribution in [0.2, 0.25) is 0 Å². The Labute approximate surface area is 137 Å². The Hall–Kier alpha value is -1.92. The van der Waals surface area contributed by atoms with Crippen molar-refractivity contribution in [3.05, 3.63) is 29.8 Å². The first kappa shape index (κ1) is 17.4. The van der Waals surface area contributed by atoms with Gasteiger partial charge in [0.15, 0.2) is 0 Å².